The molecule has 28 heavy (non-hydrogen) atoms. The second-order valence-corrected chi connectivity index (χ2v) is 7.01. The van der Waals surface area contributed by atoms with Crippen LogP contribution in [0.2, 0.25) is 5.02 Å². The molecule has 0 spiro atoms. The summed E-state index contributed by atoms with van der Waals surface area (Å²) in [6.45, 7) is 8.66. The zero-order valence-electron chi connectivity index (χ0n) is 16.9. The van der Waals surface area contributed by atoms with Crippen LogP contribution >= 0.6 is 27.5 Å². The number of allylic oxidation sites excluding steroid dienone is 3. The normalized spacial score (nSPS) is 12.5. The monoisotopic (exact) mass is 471 g/mol. The zero-order valence-corrected chi connectivity index (χ0v) is 19.2. The maximum Gasteiger partial charge on any atom is 0.339 e. The molecule has 0 radical (unpaired) electrons. The van der Waals surface area contributed by atoms with Gasteiger partial charge in [-0.05, 0) is 46.3 Å². The lowest BCUT2D eigenvalue weighted by molar-refractivity contribution is -0.114. The van der Waals surface area contributed by atoms with Crippen LogP contribution in [0.3, 0.4) is 0 Å². The number of esters is 1. The molecule has 0 atom stereocenters. The van der Waals surface area contributed by atoms with Crippen LogP contribution in [-0.2, 0) is 14.3 Å². The molecule has 154 valence electrons. The summed E-state index contributed by atoms with van der Waals surface area (Å²) in [6, 6.07) is 4.71. The number of ether oxygens (including phenoxy) is 1. The van der Waals surface area contributed by atoms with E-state index in [1.165, 1.54) is 38.2 Å². The first-order valence-electron chi connectivity index (χ1n) is 9.04. The lowest BCUT2D eigenvalue weighted by atomic mass is 10.0. The van der Waals surface area contributed by atoms with E-state index in [-0.39, 0.29) is 33.2 Å². The highest BCUT2D eigenvalue weighted by molar-refractivity contribution is 9.12. The van der Waals surface area contributed by atoms with Crippen molar-refractivity contribution >= 4 is 50.8 Å². The fourth-order valence-corrected chi connectivity index (χ4v) is 2.56. The Morgan fingerprint density at radius 3 is 2.11 bits per heavy atom. The van der Waals surface area contributed by atoms with Gasteiger partial charge < -0.3 is 10.1 Å². The highest BCUT2D eigenvalue weighted by atomic mass is 79.9. The summed E-state index contributed by atoms with van der Waals surface area (Å²) in [5, 5.41) is 3.22. The van der Waals surface area contributed by atoms with Crippen molar-refractivity contribution in [2.75, 3.05) is 19.0 Å². The number of halogens is 2. The molecule has 0 saturated carbocycles. The van der Waals surface area contributed by atoms with Crippen LogP contribution in [0.5, 0.6) is 0 Å². The molecular formula is C21H27BrClNO4. The van der Waals surface area contributed by atoms with E-state index in [0.29, 0.717) is 11.3 Å². The Morgan fingerprint density at radius 2 is 1.61 bits per heavy atom. The first-order valence-corrected chi connectivity index (χ1v) is 10.2. The van der Waals surface area contributed by atoms with Crippen LogP contribution in [-0.4, -0.2) is 31.2 Å². The average molecular weight is 473 g/mol. The number of rotatable bonds is 4. The van der Waals surface area contributed by atoms with E-state index >= 15 is 0 Å². The molecule has 1 aliphatic carbocycles. The quantitative estimate of drug-likeness (QED) is 0.447. The third-order valence-corrected chi connectivity index (χ3v) is 4.19. The van der Waals surface area contributed by atoms with Crippen molar-refractivity contribution in [2.45, 2.75) is 40.5 Å². The number of hydrogen-bond donors (Lipinski definition) is 1. The van der Waals surface area contributed by atoms with E-state index < -0.39 is 5.97 Å². The largest absolute Gasteiger partial charge is 0.465 e. The predicted molar refractivity (Wildman–Crippen MR) is 118 cm³/mol. The molecule has 7 heteroatoms. The van der Waals surface area contributed by atoms with Crippen molar-refractivity contribution in [3.8, 4) is 0 Å². The van der Waals surface area contributed by atoms with Gasteiger partial charge in [0.1, 0.15) is 0 Å². The molecule has 0 bridgehead atoms. The van der Waals surface area contributed by atoms with E-state index in [9.17, 15) is 14.4 Å². The highest BCUT2D eigenvalue weighted by Gasteiger charge is 2.20. The fraction of sp³-hybridized carbons (Fsp3) is 0.381. The van der Waals surface area contributed by atoms with Gasteiger partial charge in [0.25, 0.3) is 0 Å². The number of hydrogen-bond acceptors (Lipinski definition) is 5. The van der Waals surface area contributed by atoms with Gasteiger partial charge in [0.05, 0.1) is 22.2 Å². The van der Waals surface area contributed by atoms with Crippen molar-refractivity contribution in [1.82, 2.24) is 0 Å². The third kappa shape index (κ3) is 8.40. The Balaban J connectivity index is 0.00000108. The van der Waals surface area contributed by atoms with Gasteiger partial charge in [-0.2, -0.15) is 0 Å². The Hall–Kier alpha value is -1.92. The lowest BCUT2D eigenvalue weighted by Crippen LogP contribution is -2.18. The minimum Gasteiger partial charge on any atom is -0.465 e. The molecule has 0 amide bonds. The van der Waals surface area contributed by atoms with E-state index in [1.807, 2.05) is 0 Å². The van der Waals surface area contributed by atoms with Crippen LogP contribution in [0, 0.1) is 0 Å². The zero-order chi connectivity index (χ0) is 21.7. The maximum absolute atomic E-state index is 11.8. The van der Waals surface area contributed by atoms with Crippen molar-refractivity contribution < 1.29 is 19.1 Å². The molecule has 0 aliphatic heterocycles. The molecule has 0 unspecified atom stereocenters. The molecule has 1 aliphatic rings. The van der Waals surface area contributed by atoms with Crippen molar-refractivity contribution in [3.05, 3.63) is 51.0 Å². The fourth-order valence-electron chi connectivity index (χ4n) is 1.84. The topological polar surface area (TPSA) is 72.5 Å². The van der Waals surface area contributed by atoms with E-state index in [0.717, 1.165) is 0 Å². The minimum atomic E-state index is -0.528. The van der Waals surface area contributed by atoms with Crippen molar-refractivity contribution in [2.24, 2.45) is 0 Å². The van der Waals surface area contributed by atoms with Crippen LogP contribution in [0.25, 0.3) is 0 Å². The Kier molecular flexibility index (Phi) is 13.2. The van der Waals surface area contributed by atoms with E-state index in [4.69, 9.17) is 11.6 Å². The van der Waals surface area contributed by atoms with E-state index in [1.54, 1.807) is 12.1 Å². The molecule has 2 rings (SSSR count). The van der Waals surface area contributed by atoms with Gasteiger partial charge in [-0.25, -0.2) is 4.79 Å². The summed E-state index contributed by atoms with van der Waals surface area (Å²) in [6.07, 6.45) is 4.95. The number of anilines is 1. The molecule has 0 saturated heterocycles. The Bertz CT molecular complexity index is 755. The first kappa shape index (κ1) is 26.1. The summed E-state index contributed by atoms with van der Waals surface area (Å²) in [7, 11) is 1.27. The average Bonchev–Trinajstić information content (AvgIpc) is 2.65. The summed E-state index contributed by atoms with van der Waals surface area (Å²) in [5.74, 6) is -1.02. The van der Waals surface area contributed by atoms with Gasteiger partial charge in [0, 0.05) is 17.8 Å². The summed E-state index contributed by atoms with van der Waals surface area (Å²) in [5.41, 5.74) is 1.20. The molecule has 1 aromatic carbocycles. The Morgan fingerprint density at radius 1 is 1.07 bits per heavy atom. The van der Waals surface area contributed by atoms with E-state index in [2.05, 4.69) is 53.7 Å². The molecule has 1 aromatic rings. The third-order valence-electron chi connectivity index (χ3n) is 3.01. The Labute approximate surface area is 180 Å². The maximum atomic E-state index is 11.8. The van der Waals surface area contributed by atoms with Gasteiger partial charge >= 0.3 is 5.97 Å². The SMILES string of the molecule is CCC.CCC.COC(=O)c1ccc(NCC2=C(Br)C(=O)C=CC2=O)cc1Cl. The van der Waals surface area contributed by atoms with Crippen molar-refractivity contribution in [1.29, 1.82) is 0 Å². The second kappa shape index (κ2) is 14.1. The standard InChI is InChI=1S/C15H11BrClNO4.2C3H8/c1-22-15(21)9-3-2-8(6-11(9)17)18-7-10-12(19)4-5-13(20)14(10)16;2*1-3-2/h2-6,18H,7H2,1H3;2*3H2,1-2H3. The highest BCUT2D eigenvalue weighted by Crippen LogP contribution is 2.24. The number of carbonyl (C=O) groups excluding carboxylic acids is 3. The predicted octanol–water partition coefficient (Wildman–Crippen LogP) is 5.73. The smallest absolute Gasteiger partial charge is 0.339 e. The van der Waals surface area contributed by atoms with Gasteiger partial charge in [-0.3, -0.25) is 9.59 Å². The lowest BCUT2D eigenvalue weighted by Gasteiger charge is -2.13. The number of nitrogens with one attached hydrogen (secondary N) is 1. The molecule has 0 aromatic heterocycles. The number of benzene rings is 1. The van der Waals surface area contributed by atoms with Crippen LogP contribution in [0.15, 0.2) is 40.4 Å². The molecule has 1 N–H and O–H groups in total. The van der Waals surface area contributed by atoms with Crippen LogP contribution in [0.1, 0.15) is 50.9 Å². The number of methoxy groups -OCH3 is 1. The first-order chi connectivity index (χ1) is 13.3. The summed E-state index contributed by atoms with van der Waals surface area (Å²) in [4.78, 5) is 34.7. The van der Waals surface area contributed by atoms with Gasteiger partial charge in [-0.15, -0.1) is 0 Å². The molecule has 0 fully saturated rings. The van der Waals surface area contributed by atoms with Crippen LogP contribution in [0.4, 0.5) is 5.69 Å². The molecule has 5 nitrogen and oxygen atoms in total. The minimum absolute atomic E-state index is 0.156. The van der Waals surface area contributed by atoms with Crippen molar-refractivity contribution in [3.63, 3.8) is 0 Å². The summed E-state index contributed by atoms with van der Waals surface area (Å²) < 4.78 is 4.85. The summed E-state index contributed by atoms with van der Waals surface area (Å²) >= 11 is 9.13. The van der Waals surface area contributed by atoms with Crippen LogP contribution < -0.4 is 5.32 Å². The second-order valence-electron chi connectivity index (χ2n) is 5.81. The molecule has 0 heterocycles. The number of carbonyl (C=O) groups is 3. The van der Waals surface area contributed by atoms with Gasteiger partial charge in [0.15, 0.2) is 11.6 Å². The number of ketones is 2. The van der Waals surface area contributed by atoms with Gasteiger partial charge in [0.2, 0.25) is 0 Å². The molecular weight excluding hydrogens is 446 g/mol. The van der Waals surface area contributed by atoms with Gasteiger partial charge in [-0.1, -0.05) is 52.1 Å².